The summed E-state index contributed by atoms with van der Waals surface area (Å²) in [5.41, 5.74) is 0.434. The second-order valence-corrected chi connectivity index (χ2v) is 5.27. The van der Waals surface area contributed by atoms with E-state index < -0.39 is 11.4 Å². The first-order chi connectivity index (χ1) is 7.31. The molecule has 1 aromatic rings. The van der Waals surface area contributed by atoms with Crippen molar-refractivity contribution in [1.29, 1.82) is 0 Å². The van der Waals surface area contributed by atoms with Crippen LogP contribution in [0.2, 0.25) is 0 Å². The highest BCUT2D eigenvalue weighted by atomic mass is 16.4. The largest absolute Gasteiger partial charge is 0.481 e. The average molecular weight is 224 g/mol. The average Bonchev–Trinajstić information content (AvgIpc) is 2.49. The monoisotopic (exact) mass is 224 g/mol. The van der Waals surface area contributed by atoms with Gasteiger partial charge < -0.3 is 5.11 Å². The van der Waals surface area contributed by atoms with Gasteiger partial charge in [-0.15, -0.1) is 0 Å². The molecule has 0 saturated carbocycles. The third-order valence-corrected chi connectivity index (χ3v) is 2.48. The summed E-state index contributed by atoms with van der Waals surface area (Å²) in [6.07, 6.45) is 2.02. The van der Waals surface area contributed by atoms with Crippen LogP contribution in [0, 0.1) is 5.92 Å². The van der Waals surface area contributed by atoms with Gasteiger partial charge in [0.1, 0.15) is 0 Å². The zero-order chi connectivity index (χ0) is 12.3. The van der Waals surface area contributed by atoms with Gasteiger partial charge in [-0.25, -0.2) is 0 Å². The van der Waals surface area contributed by atoms with Crippen molar-refractivity contribution in [3.63, 3.8) is 0 Å². The number of hydrogen-bond donors (Lipinski definition) is 1. The van der Waals surface area contributed by atoms with E-state index in [1.165, 1.54) is 0 Å². The van der Waals surface area contributed by atoms with E-state index in [9.17, 15) is 4.79 Å². The molecule has 1 aromatic heterocycles. The summed E-state index contributed by atoms with van der Waals surface area (Å²) >= 11 is 0. The van der Waals surface area contributed by atoms with Crippen molar-refractivity contribution in [2.75, 3.05) is 0 Å². The van der Waals surface area contributed by atoms with Crippen LogP contribution < -0.4 is 0 Å². The summed E-state index contributed by atoms with van der Waals surface area (Å²) < 4.78 is 1.88. The van der Waals surface area contributed by atoms with Crippen molar-refractivity contribution in [3.8, 4) is 0 Å². The molecule has 1 heterocycles. The van der Waals surface area contributed by atoms with Crippen LogP contribution >= 0.6 is 0 Å². The SMILES string of the molecule is CC(C)Cn1ccc(C(C)(C)CC(=O)O)n1. The van der Waals surface area contributed by atoms with Crippen molar-refractivity contribution in [2.24, 2.45) is 5.92 Å². The minimum absolute atomic E-state index is 0.103. The predicted octanol–water partition coefficient (Wildman–Crippen LogP) is 2.29. The Morgan fingerprint density at radius 3 is 2.69 bits per heavy atom. The Bertz CT molecular complexity index is 367. The number of aliphatic carboxylic acids is 1. The van der Waals surface area contributed by atoms with Crippen LogP contribution in [0.5, 0.6) is 0 Å². The van der Waals surface area contributed by atoms with Crippen LogP contribution in [0.4, 0.5) is 0 Å². The van der Waals surface area contributed by atoms with Gasteiger partial charge in [-0.1, -0.05) is 27.7 Å². The molecular formula is C12H20N2O2. The quantitative estimate of drug-likeness (QED) is 0.834. The first-order valence-electron chi connectivity index (χ1n) is 5.57. The Morgan fingerprint density at radius 1 is 1.56 bits per heavy atom. The number of aromatic nitrogens is 2. The second-order valence-electron chi connectivity index (χ2n) is 5.27. The van der Waals surface area contributed by atoms with Gasteiger partial charge in [0.2, 0.25) is 0 Å². The fourth-order valence-electron chi connectivity index (χ4n) is 1.67. The first-order valence-corrected chi connectivity index (χ1v) is 5.57. The van der Waals surface area contributed by atoms with E-state index in [0.717, 1.165) is 12.2 Å². The van der Waals surface area contributed by atoms with Crippen molar-refractivity contribution in [1.82, 2.24) is 9.78 Å². The molecule has 0 aliphatic heterocycles. The van der Waals surface area contributed by atoms with Gasteiger partial charge >= 0.3 is 5.97 Å². The van der Waals surface area contributed by atoms with E-state index in [1.54, 1.807) is 0 Å². The Morgan fingerprint density at radius 2 is 2.19 bits per heavy atom. The summed E-state index contributed by atoms with van der Waals surface area (Å²) in [6, 6.07) is 1.91. The Balaban J connectivity index is 2.80. The molecule has 1 N–H and O–H groups in total. The van der Waals surface area contributed by atoms with Gasteiger partial charge in [0.05, 0.1) is 12.1 Å². The van der Waals surface area contributed by atoms with E-state index >= 15 is 0 Å². The van der Waals surface area contributed by atoms with Crippen LogP contribution in [0.1, 0.15) is 39.8 Å². The van der Waals surface area contributed by atoms with Crippen molar-refractivity contribution >= 4 is 5.97 Å². The molecule has 0 aromatic carbocycles. The number of carbonyl (C=O) groups is 1. The molecule has 0 fully saturated rings. The van der Waals surface area contributed by atoms with E-state index in [1.807, 2.05) is 30.8 Å². The molecule has 90 valence electrons. The first kappa shape index (κ1) is 12.7. The third kappa shape index (κ3) is 3.36. The minimum Gasteiger partial charge on any atom is -0.481 e. The summed E-state index contributed by atoms with van der Waals surface area (Å²) in [5, 5.41) is 13.3. The Hall–Kier alpha value is -1.32. The lowest BCUT2D eigenvalue weighted by Crippen LogP contribution is -2.22. The summed E-state index contributed by atoms with van der Waals surface area (Å²) in [7, 11) is 0. The minimum atomic E-state index is -0.789. The number of carboxylic acids is 1. The molecule has 4 nitrogen and oxygen atoms in total. The second kappa shape index (κ2) is 4.68. The van der Waals surface area contributed by atoms with Gasteiger partial charge in [0.15, 0.2) is 0 Å². The summed E-state index contributed by atoms with van der Waals surface area (Å²) in [6.45, 7) is 8.93. The van der Waals surface area contributed by atoms with Gasteiger partial charge in [-0.3, -0.25) is 9.48 Å². The standard InChI is InChI=1S/C12H20N2O2/c1-9(2)8-14-6-5-10(13-14)12(3,4)7-11(15)16/h5-6,9H,7-8H2,1-4H3,(H,15,16). The highest BCUT2D eigenvalue weighted by molar-refractivity contribution is 5.68. The topological polar surface area (TPSA) is 55.1 Å². The maximum atomic E-state index is 10.7. The number of rotatable bonds is 5. The molecule has 0 atom stereocenters. The predicted molar refractivity (Wildman–Crippen MR) is 62.3 cm³/mol. The van der Waals surface area contributed by atoms with E-state index in [2.05, 4.69) is 18.9 Å². The molecule has 1 rings (SSSR count). The van der Waals surface area contributed by atoms with Crippen LogP contribution in [0.15, 0.2) is 12.3 Å². The molecule has 0 saturated heterocycles. The van der Waals surface area contributed by atoms with Crippen LogP contribution in [-0.2, 0) is 16.8 Å². The molecule has 4 heteroatoms. The molecule has 0 bridgehead atoms. The highest BCUT2D eigenvalue weighted by Gasteiger charge is 2.26. The van der Waals surface area contributed by atoms with Crippen molar-refractivity contribution in [2.45, 2.75) is 46.1 Å². The number of nitrogens with zero attached hydrogens (tertiary/aromatic N) is 2. The van der Waals surface area contributed by atoms with Crippen molar-refractivity contribution in [3.05, 3.63) is 18.0 Å². The van der Waals surface area contributed by atoms with Gasteiger partial charge in [-0.2, -0.15) is 5.10 Å². The molecular weight excluding hydrogens is 204 g/mol. The van der Waals surface area contributed by atoms with Crippen molar-refractivity contribution < 1.29 is 9.90 Å². The molecule has 0 unspecified atom stereocenters. The van der Waals surface area contributed by atoms with E-state index in [0.29, 0.717) is 5.92 Å². The van der Waals surface area contributed by atoms with Crippen LogP contribution in [0.3, 0.4) is 0 Å². The Labute approximate surface area is 96.3 Å². The van der Waals surface area contributed by atoms with Gasteiger partial charge in [0, 0.05) is 18.2 Å². The molecule has 0 amide bonds. The fraction of sp³-hybridized carbons (Fsp3) is 0.667. The maximum absolute atomic E-state index is 10.7. The third-order valence-electron chi connectivity index (χ3n) is 2.48. The Kier molecular flexibility index (Phi) is 3.73. The summed E-state index contributed by atoms with van der Waals surface area (Å²) in [4.78, 5) is 10.7. The van der Waals surface area contributed by atoms with E-state index in [-0.39, 0.29) is 6.42 Å². The molecule has 16 heavy (non-hydrogen) atoms. The fourth-order valence-corrected chi connectivity index (χ4v) is 1.67. The molecule has 0 radical (unpaired) electrons. The number of hydrogen-bond acceptors (Lipinski definition) is 2. The van der Waals surface area contributed by atoms with Crippen LogP contribution in [0.25, 0.3) is 0 Å². The smallest absolute Gasteiger partial charge is 0.304 e. The lowest BCUT2D eigenvalue weighted by molar-refractivity contribution is -0.138. The number of carboxylic acid groups (broad SMARTS) is 1. The maximum Gasteiger partial charge on any atom is 0.304 e. The zero-order valence-corrected chi connectivity index (χ0v) is 10.4. The molecule has 0 spiro atoms. The molecule has 0 aliphatic carbocycles. The van der Waals surface area contributed by atoms with Crippen LogP contribution in [-0.4, -0.2) is 20.9 Å². The normalized spacial score (nSPS) is 12.1. The lowest BCUT2D eigenvalue weighted by atomic mass is 9.86. The van der Waals surface area contributed by atoms with Gasteiger partial charge in [-0.05, 0) is 12.0 Å². The lowest BCUT2D eigenvalue weighted by Gasteiger charge is -2.19. The summed E-state index contributed by atoms with van der Waals surface area (Å²) in [5.74, 6) is -0.251. The van der Waals surface area contributed by atoms with E-state index in [4.69, 9.17) is 5.11 Å². The zero-order valence-electron chi connectivity index (χ0n) is 10.4. The molecule has 0 aliphatic rings. The highest BCUT2D eigenvalue weighted by Crippen LogP contribution is 2.25. The van der Waals surface area contributed by atoms with Gasteiger partial charge in [0.25, 0.3) is 0 Å².